The molecule has 0 saturated carbocycles. The van der Waals surface area contributed by atoms with Gasteiger partial charge in [-0.1, -0.05) is 50.0 Å². The molecule has 0 radical (unpaired) electrons. The van der Waals surface area contributed by atoms with Gasteiger partial charge in [0.15, 0.2) is 0 Å². The molecule has 3 rings (SSSR count). The quantitative estimate of drug-likeness (QED) is 0.623. The number of nitrogens with one attached hydrogen (secondary N) is 1. The topological polar surface area (TPSA) is 35.6 Å². The minimum Gasteiger partial charge on any atom is -0.347 e. The molecule has 4 nitrogen and oxygen atoms in total. The molecule has 0 aliphatic carbocycles. The lowest BCUT2D eigenvalue weighted by molar-refractivity contribution is 0.0793. The first kappa shape index (κ1) is 23.6. The highest BCUT2D eigenvalue weighted by Crippen LogP contribution is 2.25. The Morgan fingerprint density at radius 2 is 1.73 bits per heavy atom. The summed E-state index contributed by atoms with van der Waals surface area (Å²) in [6.07, 6.45) is 0. The molecule has 164 valence electrons. The first-order chi connectivity index (χ1) is 14.1. The van der Waals surface area contributed by atoms with E-state index in [0.717, 1.165) is 49.0 Å². The summed E-state index contributed by atoms with van der Waals surface area (Å²) < 4.78 is 0. The molecule has 30 heavy (non-hydrogen) atoms. The smallest absolute Gasteiger partial charge is 0.261 e. The van der Waals surface area contributed by atoms with Crippen LogP contribution in [0.15, 0.2) is 30.3 Å². The highest BCUT2D eigenvalue weighted by Gasteiger charge is 2.30. The number of rotatable bonds is 6. The SMILES string of the molecule is Cc1ccc(C(=O)NC(CN2CCN(Cc3ccc(Cl)c(Cl)c3)CC2)C(C)(C)C)s1. The number of nitrogens with zero attached hydrogens (tertiary/aromatic N) is 2. The molecular formula is C23H31Cl2N3OS. The summed E-state index contributed by atoms with van der Waals surface area (Å²) in [4.78, 5) is 19.6. The van der Waals surface area contributed by atoms with E-state index < -0.39 is 0 Å². The maximum atomic E-state index is 12.7. The number of hydrogen-bond donors (Lipinski definition) is 1. The zero-order chi connectivity index (χ0) is 21.9. The Labute approximate surface area is 194 Å². The van der Waals surface area contributed by atoms with Gasteiger partial charge in [0, 0.05) is 50.2 Å². The van der Waals surface area contributed by atoms with Gasteiger partial charge in [0.05, 0.1) is 14.9 Å². The molecule has 1 N–H and O–H groups in total. The average molecular weight is 468 g/mol. The largest absolute Gasteiger partial charge is 0.347 e. The van der Waals surface area contributed by atoms with E-state index in [1.165, 1.54) is 5.56 Å². The fraction of sp³-hybridized carbons (Fsp3) is 0.522. The van der Waals surface area contributed by atoms with Crippen molar-refractivity contribution in [2.45, 2.75) is 40.3 Å². The molecule has 1 amide bonds. The number of piperazine rings is 1. The van der Waals surface area contributed by atoms with Gasteiger partial charge in [0.25, 0.3) is 5.91 Å². The van der Waals surface area contributed by atoms with Crippen molar-refractivity contribution in [1.82, 2.24) is 15.1 Å². The van der Waals surface area contributed by atoms with Crippen molar-refractivity contribution in [2.24, 2.45) is 5.41 Å². The number of hydrogen-bond acceptors (Lipinski definition) is 4. The third kappa shape index (κ3) is 6.44. The van der Waals surface area contributed by atoms with E-state index in [1.54, 1.807) is 11.3 Å². The van der Waals surface area contributed by atoms with Gasteiger partial charge in [0.1, 0.15) is 0 Å². The number of carbonyl (C=O) groups excluding carboxylic acids is 1. The minimum absolute atomic E-state index is 0.0147. The number of halogens is 2. The van der Waals surface area contributed by atoms with E-state index in [-0.39, 0.29) is 17.4 Å². The van der Waals surface area contributed by atoms with Crippen LogP contribution in [0.25, 0.3) is 0 Å². The zero-order valence-corrected chi connectivity index (χ0v) is 20.5. The number of benzene rings is 1. The molecule has 1 atom stereocenters. The number of carbonyl (C=O) groups is 1. The highest BCUT2D eigenvalue weighted by molar-refractivity contribution is 7.13. The monoisotopic (exact) mass is 467 g/mol. The Hall–Kier alpha value is -1.11. The van der Waals surface area contributed by atoms with Crippen LogP contribution in [0.3, 0.4) is 0 Å². The fourth-order valence-corrected chi connectivity index (χ4v) is 4.70. The van der Waals surface area contributed by atoms with Gasteiger partial charge in [-0.3, -0.25) is 14.6 Å². The van der Waals surface area contributed by atoms with Gasteiger partial charge in [-0.2, -0.15) is 0 Å². The maximum absolute atomic E-state index is 12.7. The second-order valence-corrected chi connectivity index (χ2v) is 11.2. The average Bonchev–Trinajstić information content (AvgIpc) is 3.11. The normalized spacial score (nSPS) is 17.1. The molecule has 1 saturated heterocycles. The molecule has 2 heterocycles. The third-order valence-corrected chi connectivity index (χ3v) is 7.35. The molecule has 1 aliphatic heterocycles. The number of thiophene rings is 1. The Balaban J connectivity index is 1.54. The standard InChI is InChI=1S/C23H31Cl2N3OS/c1-16-5-8-20(30-16)22(29)26-21(23(2,3)4)15-28-11-9-27(10-12-28)14-17-6-7-18(24)19(25)13-17/h5-8,13,21H,9-12,14-15H2,1-4H3,(H,26,29). The molecule has 1 aromatic heterocycles. The fourth-order valence-electron chi connectivity index (χ4n) is 3.61. The van der Waals surface area contributed by atoms with Crippen LogP contribution in [0.2, 0.25) is 10.0 Å². The van der Waals surface area contributed by atoms with Gasteiger partial charge in [-0.25, -0.2) is 0 Å². The third-order valence-electron chi connectivity index (χ3n) is 5.61. The Kier molecular flexibility index (Phi) is 7.86. The first-order valence-corrected chi connectivity index (χ1v) is 11.9. The second-order valence-electron chi connectivity index (χ2n) is 9.13. The zero-order valence-electron chi connectivity index (χ0n) is 18.2. The Morgan fingerprint density at radius 3 is 2.30 bits per heavy atom. The molecule has 2 aromatic rings. The van der Waals surface area contributed by atoms with E-state index in [9.17, 15) is 4.79 Å². The summed E-state index contributed by atoms with van der Waals surface area (Å²) in [5.41, 5.74) is 1.17. The summed E-state index contributed by atoms with van der Waals surface area (Å²) in [6.45, 7) is 14.3. The summed E-state index contributed by atoms with van der Waals surface area (Å²) in [5, 5.41) is 4.49. The van der Waals surface area contributed by atoms with Crippen LogP contribution in [0.1, 0.15) is 40.9 Å². The molecule has 7 heteroatoms. The van der Waals surface area contributed by atoms with Gasteiger partial charge >= 0.3 is 0 Å². The van der Waals surface area contributed by atoms with Crippen molar-refractivity contribution < 1.29 is 4.79 Å². The molecular weight excluding hydrogens is 437 g/mol. The summed E-state index contributed by atoms with van der Waals surface area (Å²) in [7, 11) is 0. The molecule has 0 bridgehead atoms. The van der Waals surface area contributed by atoms with Crippen molar-refractivity contribution in [2.75, 3.05) is 32.7 Å². The molecule has 1 fully saturated rings. The van der Waals surface area contributed by atoms with Crippen LogP contribution in [0, 0.1) is 12.3 Å². The van der Waals surface area contributed by atoms with Gasteiger partial charge in [-0.15, -0.1) is 11.3 Å². The molecule has 1 aliphatic rings. The maximum Gasteiger partial charge on any atom is 0.261 e. The predicted molar refractivity (Wildman–Crippen MR) is 128 cm³/mol. The lowest BCUT2D eigenvalue weighted by atomic mass is 9.86. The van der Waals surface area contributed by atoms with Crippen LogP contribution in [0.5, 0.6) is 0 Å². The van der Waals surface area contributed by atoms with Crippen molar-refractivity contribution in [3.8, 4) is 0 Å². The molecule has 1 unspecified atom stereocenters. The van der Waals surface area contributed by atoms with Gasteiger partial charge in [0.2, 0.25) is 0 Å². The predicted octanol–water partition coefficient (Wildman–Crippen LogP) is 5.33. The summed E-state index contributed by atoms with van der Waals surface area (Å²) in [6, 6.07) is 9.86. The summed E-state index contributed by atoms with van der Waals surface area (Å²) >= 11 is 13.7. The van der Waals surface area contributed by atoms with Crippen molar-refractivity contribution in [3.63, 3.8) is 0 Å². The van der Waals surface area contributed by atoms with Crippen LogP contribution >= 0.6 is 34.5 Å². The van der Waals surface area contributed by atoms with Crippen LogP contribution < -0.4 is 5.32 Å². The van der Waals surface area contributed by atoms with E-state index in [1.807, 2.05) is 37.3 Å². The van der Waals surface area contributed by atoms with E-state index in [4.69, 9.17) is 23.2 Å². The van der Waals surface area contributed by atoms with Crippen molar-refractivity contribution in [1.29, 1.82) is 0 Å². The number of aryl methyl sites for hydroxylation is 1. The second kappa shape index (κ2) is 10.0. The first-order valence-electron chi connectivity index (χ1n) is 10.4. The van der Waals surface area contributed by atoms with Crippen LogP contribution in [-0.4, -0.2) is 54.5 Å². The highest BCUT2D eigenvalue weighted by atomic mass is 35.5. The Morgan fingerprint density at radius 1 is 1.07 bits per heavy atom. The lowest BCUT2D eigenvalue weighted by Gasteiger charge is -2.40. The van der Waals surface area contributed by atoms with Crippen molar-refractivity contribution in [3.05, 3.63) is 55.7 Å². The van der Waals surface area contributed by atoms with Crippen molar-refractivity contribution >= 4 is 40.4 Å². The number of amides is 1. The molecule has 1 aromatic carbocycles. The Bertz CT molecular complexity index is 870. The molecule has 0 spiro atoms. The summed E-state index contributed by atoms with van der Waals surface area (Å²) in [5.74, 6) is 0.0336. The lowest BCUT2D eigenvalue weighted by Crippen LogP contribution is -2.54. The van der Waals surface area contributed by atoms with E-state index in [2.05, 4.69) is 35.9 Å². The van der Waals surface area contributed by atoms with Crippen LogP contribution in [-0.2, 0) is 6.54 Å². The van der Waals surface area contributed by atoms with Crippen LogP contribution in [0.4, 0.5) is 0 Å². The van der Waals surface area contributed by atoms with E-state index >= 15 is 0 Å². The van der Waals surface area contributed by atoms with Gasteiger partial charge < -0.3 is 5.32 Å². The van der Waals surface area contributed by atoms with Gasteiger partial charge in [-0.05, 0) is 42.2 Å². The van der Waals surface area contributed by atoms with E-state index in [0.29, 0.717) is 10.0 Å². The minimum atomic E-state index is -0.0147.